The van der Waals surface area contributed by atoms with Gasteiger partial charge in [-0.3, -0.25) is 0 Å². The Morgan fingerprint density at radius 3 is 2.11 bits per heavy atom. The van der Waals surface area contributed by atoms with Gasteiger partial charge < -0.3 is 0 Å². The van der Waals surface area contributed by atoms with Gasteiger partial charge in [-0.1, -0.05) is 72.3 Å². The summed E-state index contributed by atoms with van der Waals surface area (Å²) in [5.41, 5.74) is 3.94. The lowest BCUT2D eigenvalue weighted by atomic mass is 10.0. The second-order valence-corrected chi connectivity index (χ2v) is 6.89. The molecule has 4 aromatic carbocycles. The second kappa shape index (κ2) is 6.49. The second-order valence-electron chi connectivity index (χ2n) is 6.45. The summed E-state index contributed by atoms with van der Waals surface area (Å²) in [5.74, 6) is 0.703. The SMILES string of the molecule is Clc1ccc(-c2nc(-c3ccccc3)c3ccc4ccccc4c3n2)cc1. The molecule has 0 aliphatic carbocycles. The summed E-state index contributed by atoms with van der Waals surface area (Å²) < 4.78 is 0. The van der Waals surface area contributed by atoms with Crippen LogP contribution in [0.2, 0.25) is 5.02 Å². The highest BCUT2D eigenvalue weighted by molar-refractivity contribution is 6.30. The van der Waals surface area contributed by atoms with E-state index in [1.54, 1.807) is 0 Å². The van der Waals surface area contributed by atoms with Gasteiger partial charge in [-0.2, -0.15) is 0 Å². The van der Waals surface area contributed by atoms with E-state index in [-0.39, 0.29) is 0 Å². The van der Waals surface area contributed by atoms with Crippen molar-refractivity contribution in [2.75, 3.05) is 0 Å². The molecule has 0 N–H and O–H groups in total. The molecule has 2 nitrogen and oxygen atoms in total. The molecule has 0 aliphatic heterocycles. The van der Waals surface area contributed by atoms with Gasteiger partial charge in [0.25, 0.3) is 0 Å². The zero-order valence-corrected chi connectivity index (χ0v) is 15.2. The molecular formula is C24H15ClN2. The molecule has 0 bridgehead atoms. The molecule has 0 unspecified atom stereocenters. The Balaban J connectivity index is 1.89. The average molecular weight is 367 g/mol. The minimum Gasteiger partial charge on any atom is -0.227 e. The molecule has 0 saturated heterocycles. The zero-order chi connectivity index (χ0) is 18.2. The van der Waals surface area contributed by atoms with Crippen molar-refractivity contribution in [3.05, 3.63) is 96.0 Å². The Bertz CT molecular complexity index is 1260. The van der Waals surface area contributed by atoms with Crippen LogP contribution in [0.15, 0.2) is 91.0 Å². The minimum absolute atomic E-state index is 0.702. The van der Waals surface area contributed by atoms with E-state index in [1.807, 2.05) is 54.6 Å². The first-order valence-electron chi connectivity index (χ1n) is 8.80. The lowest BCUT2D eigenvalue weighted by Gasteiger charge is -2.11. The normalized spacial score (nSPS) is 11.1. The van der Waals surface area contributed by atoms with Crippen molar-refractivity contribution < 1.29 is 0 Å². The van der Waals surface area contributed by atoms with E-state index in [0.717, 1.165) is 33.1 Å². The maximum atomic E-state index is 6.06. The summed E-state index contributed by atoms with van der Waals surface area (Å²) >= 11 is 6.06. The number of nitrogens with zero attached hydrogens (tertiary/aromatic N) is 2. The number of hydrogen-bond acceptors (Lipinski definition) is 2. The molecule has 0 fully saturated rings. The third-order valence-electron chi connectivity index (χ3n) is 4.74. The van der Waals surface area contributed by atoms with Gasteiger partial charge in [0.05, 0.1) is 11.2 Å². The molecule has 128 valence electrons. The number of benzene rings is 4. The predicted molar refractivity (Wildman–Crippen MR) is 113 cm³/mol. The van der Waals surface area contributed by atoms with Crippen molar-refractivity contribution >= 4 is 33.3 Å². The zero-order valence-electron chi connectivity index (χ0n) is 14.4. The molecule has 0 spiro atoms. The van der Waals surface area contributed by atoms with Crippen LogP contribution in [0, 0.1) is 0 Å². The van der Waals surface area contributed by atoms with E-state index in [2.05, 4.69) is 36.4 Å². The summed E-state index contributed by atoms with van der Waals surface area (Å²) in [4.78, 5) is 9.86. The number of fused-ring (bicyclic) bond motifs is 3. The van der Waals surface area contributed by atoms with E-state index >= 15 is 0 Å². The van der Waals surface area contributed by atoms with Crippen LogP contribution in [-0.4, -0.2) is 9.97 Å². The highest BCUT2D eigenvalue weighted by atomic mass is 35.5. The van der Waals surface area contributed by atoms with Crippen LogP contribution < -0.4 is 0 Å². The molecule has 3 heteroatoms. The molecular weight excluding hydrogens is 352 g/mol. The largest absolute Gasteiger partial charge is 0.227 e. The van der Waals surface area contributed by atoms with Gasteiger partial charge in [0, 0.05) is 26.9 Å². The van der Waals surface area contributed by atoms with E-state index in [0.29, 0.717) is 10.8 Å². The molecule has 0 amide bonds. The van der Waals surface area contributed by atoms with E-state index < -0.39 is 0 Å². The van der Waals surface area contributed by atoms with Gasteiger partial charge in [-0.25, -0.2) is 9.97 Å². The molecule has 0 aliphatic rings. The molecule has 1 aromatic heterocycles. The Morgan fingerprint density at radius 1 is 0.556 bits per heavy atom. The molecule has 0 radical (unpaired) electrons. The summed E-state index contributed by atoms with van der Waals surface area (Å²) in [6, 6.07) is 30.5. The van der Waals surface area contributed by atoms with Gasteiger partial charge in [0.15, 0.2) is 5.82 Å². The fraction of sp³-hybridized carbons (Fsp3) is 0. The van der Waals surface area contributed by atoms with Crippen LogP contribution in [-0.2, 0) is 0 Å². The predicted octanol–water partition coefficient (Wildman–Crippen LogP) is 6.77. The number of aromatic nitrogens is 2. The smallest absolute Gasteiger partial charge is 0.160 e. The highest BCUT2D eigenvalue weighted by Gasteiger charge is 2.13. The quantitative estimate of drug-likeness (QED) is 0.322. The summed E-state index contributed by atoms with van der Waals surface area (Å²) in [7, 11) is 0. The third-order valence-corrected chi connectivity index (χ3v) is 4.99. The van der Waals surface area contributed by atoms with Gasteiger partial charge in [0.1, 0.15) is 0 Å². The standard InChI is InChI=1S/C24H15ClN2/c25-19-13-10-18(11-14-19)24-26-22(17-7-2-1-3-8-17)21-15-12-16-6-4-5-9-20(16)23(21)27-24/h1-15H. The first-order valence-corrected chi connectivity index (χ1v) is 9.18. The number of hydrogen-bond donors (Lipinski definition) is 0. The molecule has 5 rings (SSSR count). The molecule has 1 heterocycles. The Kier molecular flexibility index (Phi) is 3.84. The fourth-order valence-corrected chi connectivity index (χ4v) is 3.53. The van der Waals surface area contributed by atoms with Crippen LogP contribution in [0.5, 0.6) is 0 Å². The highest BCUT2D eigenvalue weighted by Crippen LogP contribution is 2.33. The van der Waals surface area contributed by atoms with E-state index in [9.17, 15) is 0 Å². The van der Waals surface area contributed by atoms with E-state index in [4.69, 9.17) is 21.6 Å². The summed E-state index contributed by atoms with van der Waals surface area (Å²) in [5, 5.41) is 4.06. The average Bonchev–Trinajstić information content (AvgIpc) is 2.74. The molecule has 27 heavy (non-hydrogen) atoms. The molecule has 0 atom stereocenters. The number of halogens is 1. The van der Waals surface area contributed by atoms with Crippen molar-refractivity contribution in [2.24, 2.45) is 0 Å². The first-order chi connectivity index (χ1) is 13.3. The van der Waals surface area contributed by atoms with Crippen molar-refractivity contribution in [3.63, 3.8) is 0 Å². The maximum Gasteiger partial charge on any atom is 0.160 e. The van der Waals surface area contributed by atoms with Gasteiger partial charge in [-0.15, -0.1) is 0 Å². The van der Waals surface area contributed by atoms with Gasteiger partial charge >= 0.3 is 0 Å². The van der Waals surface area contributed by atoms with Crippen molar-refractivity contribution in [3.8, 4) is 22.6 Å². The first kappa shape index (κ1) is 16.0. The lowest BCUT2D eigenvalue weighted by molar-refractivity contribution is 1.23. The van der Waals surface area contributed by atoms with Crippen LogP contribution in [0.25, 0.3) is 44.3 Å². The summed E-state index contributed by atoms with van der Waals surface area (Å²) in [6.45, 7) is 0. The fourth-order valence-electron chi connectivity index (χ4n) is 3.41. The van der Waals surface area contributed by atoms with E-state index in [1.165, 1.54) is 5.39 Å². The van der Waals surface area contributed by atoms with Crippen LogP contribution in [0.4, 0.5) is 0 Å². The van der Waals surface area contributed by atoms with Crippen LogP contribution in [0.3, 0.4) is 0 Å². The monoisotopic (exact) mass is 366 g/mol. The summed E-state index contributed by atoms with van der Waals surface area (Å²) in [6.07, 6.45) is 0. The molecule has 0 saturated carbocycles. The Labute approximate surface area is 162 Å². The topological polar surface area (TPSA) is 25.8 Å². The van der Waals surface area contributed by atoms with Crippen molar-refractivity contribution in [1.82, 2.24) is 9.97 Å². The molecule has 5 aromatic rings. The van der Waals surface area contributed by atoms with Crippen molar-refractivity contribution in [2.45, 2.75) is 0 Å². The van der Waals surface area contributed by atoms with Gasteiger partial charge in [-0.05, 0) is 35.7 Å². The Hall–Kier alpha value is -3.23. The van der Waals surface area contributed by atoms with Gasteiger partial charge in [0.2, 0.25) is 0 Å². The minimum atomic E-state index is 0.702. The third kappa shape index (κ3) is 2.84. The van der Waals surface area contributed by atoms with Crippen LogP contribution in [0.1, 0.15) is 0 Å². The number of rotatable bonds is 2. The van der Waals surface area contributed by atoms with Crippen LogP contribution >= 0.6 is 11.6 Å². The maximum absolute atomic E-state index is 6.06. The Morgan fingerprint density at radius 2 is 1.30 bits per heavy atom. The lowest BCUT2D eigenvalue weighted by Crippen LogP contribution is -1.96. The van der Waals surface area contributed by atoms with Crippen molar-refractivity contribution in [1.29, 1.82) is 0 Å².